The Bertz CT molecular complexity index is 859. The molecule has 2 saturated heterocycles. The van der Waals surface area contributed by atoms with Gasteiger partial charge in [0.1, 0.15) is 5.82 Å². The summed E-state index contributed by atoms with van der Waals surface area (Å²) >= 11 is 0. The third-order valence-corrected chi connectivity index (χ3v) is 6.07. The number of fused-ring (bicyclic) bond motifs is 1. The summed E-state index contributed by atoms with van der Waals surface area (Å²) in [6.45, 7) is 4.36. The molecule has 1 atom stereocenters. The average Bonchev–Trinajstić information content (AvgIpc) is 3.52. The van der Waals surface area contributed by atoms with Crippen molar-refractivity contribution in [2.75, 3.05) is 51.3 Å². The molecule has 0 N–H and O–H groups in total. The fraction of sp³-hybridized carbons (Fsp3) is 0.684. The third kappa shape index (κ3) is 3.28. The van der Waals surface area contributed by atoms with E-state index in [0.29, 0.717) is 32.2 Å². The van der Waals surface area contributed by atoms with Crippen LogP contribution in [0.1, 0.15) is 37.4 Å². The fourth-order valence-electron chi connectivity index (χ4n) is 4.17. The molecular weight excluding hydrogens is 358 g/mol. The predicted octanol–water partition coefficient (Wildman–Crippen LogP) is 1.35. The van der Waals surface area contributed by atoms with Gasteiger partial charge in [0.25, 0.3) is 0 Å². The van der Waals surface area contributed by atoms with Gasteiger partial charge in [0.2, 0.25) is 0 Å². The van der Waals surface area contributed by atoms with Gasteiger partial charge in [-0.05, 0) is 37.8 Å². The quantitative estimate of drug-likeness (QED) is 0.794. The first-order chi connectivity index (χ1) is 13.7. The minimum atomic E-state index is 0.105. The zero-order valence-electron chi connectivity index (χ0n) is 16.3. The highest BCUT2D eigenvalue weighted by Gasteiger charge is 2.31. The number of hydrogen-bond acceptors (Lipinski definition) is 6. The second kappa shape index (κ2) is 7.20. The van der Waals surface area contributed by atoms with Crippen molar-refractivity contribution in [1.82, 2.24) is 29.6 Å². The topological polar surface area (TPSA) is 79.1 Å². The van der Waals surface area contributed by atoms with E-state index in [0.717, 1.165) is 43.2 Å². The summed E-state index contributed by atoms with van der Waals surface area (Å²) in [6.07, 6.45) is 4.41. The molecule has 3 aliphatic rings. The van der Waals surface area contributed by atoms with Crippen LogP contribution in [0.25, 0.3) is 5.65 Å². The Labute approximate surface area is 164 Å². The SMILES string of the molecule is CN(C(=O)N1CCOCC1)C1CCCN(c2ccc3nnc(C4CC4)n3n2)C1. The van der Waals surface area contributed by atoms with Crippen molar-refractivity contribution in [1.29, 1.82) is 0 Å². The first kappa shape index (κ1) is 17.7. The molecule has 0 aromatic carbocycles. The van der Waals surface area contributed by atoms with Crippen LogP contribution in [0.2, 0.25) is 0 Å². The molecule has 2 amide bonds. The number of rotatable bonds is 3. The largest absolute Gasteiger partial charge is 0.378 e. The Hall–Kier alpha value is -2.42. The highest BCUT2D eigenvalue weighted by molar-refractivity contribution is 5.74. The highest BCUT2D eigenvalue weighted by atomic mass is 16.5. The van der Waals surface area contributed by atoms with E-state index in [2.05, 4.69) is 15.1 Å². The van der Waals surface area contributed by atoms with Crippen LogP contribution in [-0.2, 0) is 4.74 Å². The molecule has 1 saturated carbocycles. The van der Waals surface area contributed by atoms with E-state index in [1.54, 1.807) is 0 Å². The second-order valence-corrected chi connectivity index (χ2v) is 8.03. The maximum atomic E-state index is 12.8. The smallest absolute Gasteiger partial charge is 0.320 e. The molecule has 0 radical (unpaired) electrons. The monoisotopic (exact) mass is 385 g/mol. The van der Waals surface area contributed by atoms with Crippen molar-refractivity contribution >= 4 is 17.5 Å². The number of anilines is 1. The Morgan fingerprint density at radius 3 is 2.75 bits per heavy atom. The maximum absolute atomic E-state index is 12.8. The van der Waals surface area contributed by atoms with Crippen LogP contribution >= 0.6 is 0 Å². The molecule has 0 spiro atoms. The lowest BCUT2D eigenvalue weighted by Crippen LogP contribution is -2.54. The molecule has 150 valence electrons. The zero-order valence-corrected chi connectivity index (χ0v) is 16.3. The number of nitrogens with zero attached hydrogens (tertiary/aromatic N) is 7. The van der Waals surface area contributed by atoms with Crippen molar-refractivity contribution in [3.63, 3.8) is 0 Å². The van der Waals surface area contributed by atoms with Crippen LogP contribution in [0.5, 0.6) is 0 Å². The van der Waals surface area contributed by atoms with E-state index in [4.69, 9.17) is 9.84 Å². The Kier molecular flexibility index (Phi) is 4.54. The zero-order chi connectivity index (χ0) is 19.1. The number of hydrogen-bond donors (Lipinski definition) is 0. The first-order valence-electron chi connectivity index (χ1n) is 10.3. The minimum Gasteiger partial charge on any atom is -0.378 e. The molecule has 0 bridgehead atoms. The molecule has 2 aromatic rings. The van der Waals surface area contributed by atoms with E-state index < -0.39 is 0 Å². The molecular formula is C19H27N7O2. The number of urea groups is 1. The number of likely N-dealkylation sites (N-methyl/N-ethyl adjacent to an activating group) is 1. The summed E-state index contributed by atoms with van der Waals surface area (Å²) < 4.78 is 7.27. The lowest BCUT2D eigenvalue weighted by Gasteiger charge is -2.40. The molecule has 1 unspecified atom stereocenters. The van der Waals surface area contributed by atoms with E-state index >= 15 is 0 Å². The number of piperidine rings is 1. The normalized spacial score (nSPS) is 23.2. The van der Waals surface area contributed by atoms with Crippen LogP contribution in [-0.4, -0.2) is 88.1 Å². The molecule has 2 aliphatic heterocycles. The van der Waals surface area contributed by atoms with Gasteiger partial charge in [-0.2, -0.15) is 4.52 Å². The van der Waals surface area contributed by atoms with Crippen molar-refractivity contribution < 1.29 is 9.53 Å². The van der Waals surface area contributed by atoms with Gasteiger partial charge in [0.05, 0.1) is 19.3 Å². The standard InChI is InChI=1S/C19H27N7O2/c1-23(19(27)24-9-11-28-12-10-24)15-3-2-8-25(13-15)17-7-6-16-20-21-18(14-4-5-14)26(16)22-17/h6-7,14-15H,2-5,8-13H2,1H3. The number of carbonyl (C=O) groups excluding carboxylic acids is 1. The second-order valence-electron chi connectivity index (χ2n) is 8.03. The van der Waals surface area contributed by atoms with Crippen LogP contribution in [0.15, 0.2) is 12.1 Å². The highest BCUT2D eigenvalue weighted by Crippen LogP contribution is 2.38. The van der Waals surface area contributed by atoms with Crippen LogP contribution in [0.4, 0.5) is 10.6 Å². The summed E-state index contributed by atoms with van der Waals surface area (Å²) in [6, 6.07) is 4.30. The van der Waals surface area contributed by atoms with Crippen LogP contribution in [0.3, 0.4) is 0 Å². The third-order valence-electron chi connectivity index (χ3n) is 6.07. The van der Waals surface area contributed by atoms with E-state index in [9.17, 15) is 4.79 Å². The van der Waals surface area contributed by atoms with Gasteiger partial charge in [-0.3, -0.25) is 0 Å². The van der Waals surface area contributed by atoms with E-state index in [1.807, 2.05) is 33.5 Å². The molecule has 9 nitrogen and oxygen atoms in total. The maximum Gasteiger partial charge on any atom is 0.320 e. The summed E-state index contributed by atoms with van der Waals surface area (Å²) in [4.78, 5) is 18.9. The fourth-order valence-corrected chi connectivity index (χ4v) is 4.17. The van der Waals surface area contributed by atoms with Gasteiger partial charge in [-0.15, -0.1) is 15.3 Å². The lowest BCUT2D eigenvalue weighted by atomic mass is 10.0. The van der Waals surface area contributed by atoms with Crippen LogP contribution in [0, 0.1) is 0 Å². The summed E-state index contributed by atoms with van der Waals surface area (Å²) in [5.41, 5.74) is 0.804. The van der Waals surface area contributed by atoms with E-state index in [-0.39, 0.29) is 12.1 Å². The van der Waals surface area contributed by atoms with Crippen molar-refractivity contribution in [3.05, 3.63) is 18.0 Å². The number of aromatic nitrogens is 4. The first-order valence-corrected chi connectivity index (χ1v) is 10.3. The molecule has 5 rings (SSSR count). The Morgan fingerprint density at radius 2 is 1.96 bits per heavy atom. The summed E-state index contributed by atoms with van der Waals surface area (Å²) in [7, 11) is 1.92. The predicted molar refractivity (Wildman–Crippen MR) is 104 cm³/mol. The average molecular weight is 385 g/mol. The van der Waals surface area contributed by atoms with Crippen molar-refractivity contribution in [3.8, 4) is 0 Å². The molecule has 4 heterocycles. The Morgan fingerprint density at radius 1 is 1.14 bits per heavy atom. The summed E-state index contributed by atoms with van der Waals surface area (Å²) in [5, 5.41) is 13.4. The number of ether oxygens (including phenoxy) is 1. The van der Waals surface area contributed by atoms with Gasteiger partial charge in [0.15, 0.2) is 11.5 Å². The molecule has 28 heavy (non-hydrogen) atoms. The van der Waals surface area contributed by atoms with Gasteiger partial charge in [-0.25, -0.2) is 4.79 Å². The van der Waals surface area contributed by atoms with Gasteiger partial charge in [0, 0.05) is 39.1 Å². The molecule has 3 fully saturated rings. The van der Waals surface area contributed by atoms with Crippen molar-refractivity contribution in [2.24, 2.45) is 0 Å². The van der Waals surface area contributed by atoms with Crippen LogP contribution < -0.4 is 4.90 Å². The van der Waals surface area contributed by atoms with Gasteiger partial charge >= 0.3 is 6.03 Å². The number of morpholine rings is 1. The molecule has 9 heteroatoms. The van der Waals surface area contributed by atoms with E-state index in [1.165, 1.54) is 12.8 Å². The van der Waals surface area contributed by atoms with Crippen molar-refractivity contribution in [2.45, 2.75) is 37.6 Å². The molecule has 2 aromatic heterocycles. The number of amides is 2. The lowest BCUT2D eigenvalue weighted by molar-refractivity contribution is 0.0414. The van der Waals surface area contributed by atoms with Gasteiger partial charge in [-0.1, -0.05) is 0 Å². The summed E-state index contributed by atoms with van der Waals surface area (Å²) in [5.74, 6) is 2.42. The van der Waals surface area contributed by atoms with Gasteiger partial charge < -0.3 is 19.4 Å². The minimum absolute atomic E-state index is 0.105. The molecule has 1 aliphatic carbocycles. The Balaban J connectivity index is 1.31. The number of carbonyl (C=O) groups is 1.